The molecule has 0 saturated carbocycles. The molecule has 0 spiro atoms. The van der Waals surface area contributed by atoms with E-state index in [9.17, 15) is 19.1 Å². The van der Waals surface area contributed by atoms with Crippen LogP contribution in [0, 0.1) is 5.82 Å². The number of nitrogens with zero attached hydrogens (tertiary/aromatic N) is 1. The number of allylic oxidation sites excluding steroid dienone is 1. The van der Waals surface area contributed by atoms with Gasteiger partial charge in [-0.1, -0.05) is 18.2 Å². The van der Waals surface area contributed by atoms with Gasteiger partial charge in [-0.3, -0.25) is 9.59 Å². The van der Waals surface area contributed by atoms with Gasteiger partial charge in [0, 0.05) is 18.7 Å². The number of rotatable bonds is 6. The number of anilines is 1. The van der Waals surface area contributed by atoms with Crippen LogP contribution in [0.1, 0.15) is 21.9 Å². The SMILES string of the molecule is O=C(Nc1ccccn1)C(O)=CC(=O)c1ccc(Cc2ccc(F)cc2)o1. The van der Waals surface area contributed by atoms with Gasteiger partial charge in [-0.05, 0) is 42.0 Å². The van der Waals surface area contributed by atoms with E-state index < -0.39 is 17.4 Å². The van der Waals surface area contributed by atoms with Gasteiger partial charge < -0.3 is 14.8 Å². The predicted molar refractivity (Wildman–Crippen MR) is 95.8 cm³/mol. The molecule has 1 aromatic carbocycles. The van der Waals surface area contributed by atoms with Crippen LogP contribution < -0.4 is 5.32 Å². The Morgan fingerprint density at radius 1 is 1.11 bits per heavy atom. The van der Waals surface area contributed by atoms with Crippen LogP contribution in [0.15, 0.2) is 77.0 Å². The van der Waals surface area contributed by atoms with E-state index in [1.165, 1.54) is 24.4 Å². The number of aromatic nitrogens is 1. The average molecular weight is 366 g/mol. The fraction of sp³-hybridized carbons (Fsp3) is 0.0500. The first-order valence-electron chi connectivity index (χ1n) is 8.02. The molecule has 3 aromatic rings. The summed E-state index contributed by atoms with van der Waals surface area (Å²) in [7, 11) is 0. The van der Waals surface area contributed by atoms with Crippen LogP contribution >= 0.6 is 0 Å². The summed E-state index contributed by atoms with van der Waals surface area (Å²) in [5, 5.41) is 12.2. The fourth-order valence-corrected chi connectivity index (χ4v) is 2.29. The van der Waals surface area contributed by atoms with Gasteiger partial charge in [0.15, 0.2) is 11.5 Å². The Morgan fingerprint density at radius 3 is 2.59 bits per heavy atom. The van der Waals surface area contributed by atoms with Gasteiger partial charge in [0.25, 0.3) is 5.91 Å². The third-order valence-electron chi connectivity index (χ3n) is 3.60. The van der Waals surface area contributed by atoms with Gasteiger partial charge in [-0.2, -0.15) is 0 Å². The van der Waals surface area contributed by atoms with Crippen LogP contribution in [0.4, 0.5) is 10.2 Å². The highest BCUT2D eigenvalue weighted by molar-refractivity contribution is 6.10. The molecule has 27 heavy (non-hydrogen) atoms. The summed E-state index contributed by atoms with van der Waals surface area (Å²) in [5.74, 6) is -1.90. The summed E-state index contributed by atoms with van der Waals surface area (Å²) >= 11 is 0. The molecule has 0 unspecified atom stereocenters. The van der Waals surface area contributed by atoms with E-state index in [-0.39, 0.29) is 17.4 Å². The summed E-state index contributed by atoms with van der Waals surface area (Å²) in [6.07, 6.45) is 2.63. The van der Waals surface area contributed by atoms with Crippen molar-refractivity contribution in [2.75, 3.05) is 5.32 Å². The van der Waals surface area contributed by atoms with Crippen molar-refractivity contribution < 1.29 is 23.5 Å². The smallest absolute Gasteiger partial charge is 0.291 e. The van der Waals surface area contributed by atoms with E-state index in [1.54, 1.807) is 36.4 Å². The van der Waals surface area contributed by atoms with E-state index in [4.69, 9.17) is 4.42 Å². The number of amides is 1. The van der Waals surface area contributed by atoms with Crippen molar-refractivity contribution >= 4 is 17.5 Å². The number of halogens is 1. The molecule has 0 aliphatic heterocycles. The van der Waals surface area contributed by atoms with Crippen LogP contribution in [0.3, 0.4) is 0 Å². The van der Waals surface area contributed by atoms with Crippen LogP contribution in [0.5, 0.6) is 0 Å². The van der Waals surface area contributed by atoms with E-state index in [2.05, 4.69) is 10.3 Å². The summed E-state index contributed by atoms with van der Waals surface area (Å²) in [4.78, 5) is 27.9. The van der Waals surface area contributed by atoms with Gasteiger partial charge in [-0.15, -0.1) is 0 Å². The average Bonchev–Trinajstić information content (AvgIpc) is 3.13. The molecule has 0 bridgehead atoms. The number of furan rings is 1. The topological polar surface area (TPSA) is 92.4 Å². The highest BCUT2D eigenvalue weighted by Crippen LogP contribution is 2.15. The maximum Gasteiger partial charge on any atom is 0.291 e. The lowest BCUT2D eigenvalue weighted by Crippen LogP contribution is -2.16. The Morgan fingerprint density at radius 2 is 1.89 bits per heavy atom. The number of aliphatic hydroxyl groups is 1. The van der Waals surface area contributed by atoms with E-state index >= 15 is 0 Å². The number of benzene rings is 1. The van der Waals surface area contributed by atoms with Gasteiger partial charge in [0.05, 0.1) is 0 Å². The largest absolute Gasteiger partial charge is 0.503 e. The zero-order valence-electron chi connectivity index (χ0n) is 14.1. The quantitative estimate of drug-likeness (QED) is 0.394. The van der Waals surface area contributed by atoms with Crippen molar-refractivity contribution in [3.63, 3.8) is 0 Å². The second-order valence-electron chi connectivity index (χ2n) is 5.63. The lowest BCUT2D eigenvalue weighted by atomic mass is 10.1. The molecule has 3 rings (SSSR count). The monoisotopic (exact) mass is 366 g/mol. The number of carbonyl (C=O) groups is 2. The molecular formula is C20H15FN2O4. The van der Waals surface area contributed by atoms with Gasteiger partial charge in [0.2, 0.25) is 5.78 Å². The van der Waals surface area contributed by atoms with Crippen molar-refractivity contribution in [3.05, 3.63) is 95.5 Å². The second-order valence-corrected chi connectivity index (χ2v) is 5.63. The molecule has 0 fully saturated rings. The number of ketones is 1. The molecule has 0 radical (unpaired) electrons. The number of carbonyl (C=O) groups excluding carboxylic acids is 2. The molecule has 0 aliphatic carbocycles. The molecule has 0 aliphatic rings. The van der Waals surface area contributed by atoms with Gasteiger partial charge >= 0.3 is 0 Å². The summed E-state index contributed by atoms with van der Waals surface area (Å²) < 4.78 is 18.4. The Balaban J connectivity index is 1.65. The van der Waals surface area contributed by atoms with E-state index in [0.29, 0.717) is 12.2 Å². The van der Waals surface area contributed by atoms with Crippen LogP contribution in [-0.2, 0) is 11.2 Å². The number of nitrogens with one attached hydrogen (secondary N) is 1. The Labute approximate surface area is 154 Å². The fourth-order valence-electron chi connectivity index (χ4n) is 2.29. The molecule has 1 amide bonds. The zero-order chi connectivity index (χ0) is 19.2. The summed E-state index contributed by atoms with van der Waals surface area (Å²) in [6.45, 7) is 0. The lowest BCUT2D eigenvalue weighted by molar-refractivity contribution is -0.115. The number of hydrogen-bond acceptors (Lipinski definition) is 5. The molecule has 2 heterocycles. The lowest BCUT2D eigenvalue weighted by Gasteiger charge is -2.02. The Kier molecular flexibility index (Phi) is 5.41. The van der Waals surface area contributed by atoms with Crippen LogP contribution in [-0.4, -0.2) is 21.8 Å². The van der Waals surface area contributed by atoms with E-state index in [1.807, 2.05) is 0 Å². The Hall–Kier alpha value is -3.74. The van der Waals surface area contributed by atoms with Gasteiger partial charge in [-0.25, -0.2) is 9.37 Å². The molecule has 0 saturated heterocycles. The first-order chi connectivity index (χ1) is 13.0. The van der Waals surface area contributed by atoms with Crippen molar-refractivity contribution in [2.24, 2.45) is 0 Å². The molecular weight excluding hydrogens is 351 g/mol. The molecule has 0 atom stereocenters. The highest BCUT2D eigenvalue weighted by Gasteiger charge is 2.15. The molecule has 2 aromatic heterocycles. The first kappa shape index (κ1) is 18.1. The first-order valence-corrected chi connectivity index (χ1v) is 8.02. The summed E-state index contributed by atoms with van der Waals surface area (Å²) in [6, 6.07) is 13.9. The summed E-state index contributed by atoms with van der Waals surface area (Å²) in [5.41, 5.74) is 0.817. The van der Waals surface area contributed by atoms with Crippen molar-refractivity contribution in [2.45, 2.75) is 6.42 Å². The molecule has 2 N–H and O–H groups in total. The number of aliphatic hydroxyl groups excluding tert-OH is 1. The minimum Gasteiger partial charge on any atom is -0.503 e. The van der Waals surface area contributed by atoms with Crippen molar-refractivity contribution in [1.29, 1.82) is 0 Å². The normalized spacial score (nSPS) is 11.2. The minimum absolute atomic E-state index is 0.0238. The number of pyridine rings is 1. The standard InChI is InChI=1S/C20H15FN2O4/c21-14-6-4-13(5-7-14)11-15-8-9-18(27-15)16(24)12-17(25)20(26)23-19-3-1-2-10-22-19/h1-10,12,25H,11H2,(H,22,23,26). The van der Waals surface area contributed by atoms with Gasteiger partial charge in [0.1, 0.15) is 17.4 Å². The van der Waals surface area contributed by atoms with Crippen molar-refractivity contribution in [3.8, 4) is 0 Å². The highest BCUT2D eigenvalue weighted by atomic mass is 19.1. The van der Waals surface area contributed by atoms with Crippen molar-refractivity contribution in [1.82, 2.24) is 4.98 Å². The molecule has 136 valence electrons. The molecule has 6 nitrogen and oxygen atoms in total. The van der Waals surface area contributed by atoms with Crippen LogP contribution in [0.25, 0.3) is 0 Å². The van der Waals surface area contributed by atoms with E-state index in [0.717, 1.165) is 11.6 Å². The van der Waals surface area contributed by atoms with Crippen LogP contribution in [0.2, 0.25) is 0 Å². The molecule has 7 heteroatoms. The third kappa shape index (κ3) is 4.88. The second kappa shape index (κ2) is 8.09. The maximum absolute atomic E-state index is 12.9. The third-order valence-corrected chi connectivity index (χ3v) is 3.60. The number of hydrogen-bond donors (Lipinski definition) is 2. The Bertz CT molecular complexity index is 979. The zero-order valence-corrected chi connectivity index (χ0v) is 14.1. The maximum atomic E-state index is 12.9. The predicted octanol–water partition coefficient (Wildman–Crippen LogP) is 3.67. The minimum atomic E-state index is -0.861.